The molecule has 4 nitrogen and oxygen atoms in total. The van der Waals surface area contributed by atoms with Crippen molar-refractivity contribution in [3.63, 3.8) is 0 Å². The maximum Gasteiger partial charge on any atom is 0.0530 e. The van der Waals surface area contributed by atoms with Gasteiger partial charge in [-0.25, -0.2) is 0 Å². The van der Waals surface area contributed by atoms with Crippen LogP contribution in [0.15, 0.2) is 30.5 Å². The van der Waals surface area contributed by atoms with Crippen molar-refractivity contribution in [1.29, 1.82) is 0 Å². The monoisotopic (exact) mass is 312 g/mol. The summed E-state index contributed by atoms with van der Waals surface area (Å²) < 4.78 is 0. The Bertz CT molecular complexity index is 637. The van der Waals surface area contributed by atoms with Crippen molar-refractivity contribution in [1.82, 2.24) is 4.98 Å². The Morgan fingerprint density at radius 1 is 1.22 bits per heavy atom. The highest BCUT2D eigenvalue weighted by atomic mass is 14.9. The third-order valence-corrected chi connectivity index (χ3v) is 4.01. The molecule has 1 heterocycles. The van der Waals surface area contributed by atoms with Gasteiger partial charge in [0.1, 0.15) is 0 Å². The number of rotatable bonds is 8. The largest absolute Gasteiger partial charge is 0.387 e. The Morgan fingerprint density at radius 3 is 2.74 bits per heavy atom. The first-order chi connectivity index (χ1) is 11.2. The zero-order valence-corrected chi connectivity index (χ0v) is 14.4. The van der Waals surface area contributed by atoms with Gasteiger partial charge in [0.25, 0.3) is 0 Å². The van der Waals surface area contributed by atoms with Crippen molar-refractivity contribution < 1.29 is 0 Å². The van der Waals surface area contributed by atoms with Crippen LogP contribution in [0.2, 0.25) is 0 Å². The lowest BCUT2D eigenvalue weighted by Crippen LogP contribution is -2.06. The minimum absolute atomic E-state index is 0.724. The molecule has 0 unspecified atom stereocenters. The highest BCUT2D eigenvalue weighted by Crippen LogP contribution is 2.29. The van der Waals surface area contributed by atoms with Gasteiger partial charge in [-0.3, -0.25) is 4.98 Å². The van der Waals surface area contributed by atoms with Crippen molar-refractivity contribution in [3.8, 4) is 11.1 Å². The summed E-state index contributed by atoms with van der Waals surface area (Å²) in [5, 5.41) is 6.71. The molecule has 2 aromatic rings. The molecule has 0 saturated carbocycles. The summed E-state index contributed by atoms with van der Waals surface area (Å²) in [6.45, 7) is 5.94. The van der Waals surface area contributed by atoms with E-state index in [1.807, 2.05) is 13.2 Å². The van der Waals surface area contributed by atoms with Crippen LogP contribution in [0.5, 0.6) is 0 Å². The van der Waals surface area contributed by atoms with E-state index in [0.717, 1.165) is 43.7 Å². The van der Waals surface area contributed by atoms with Gasteiger partial charge in [0.2, 0.25) is 0 Å². The average molecular weight is 312 g/mol. The molecule has 0 fully saturated rings. The van der Waals surface area contributed by atoms with Gasteiger partial charge in [-0.1, -0.05) is 19.1 Å². The van der Waals surface area contributed by atoms with Crippen LogP contribution < -0.4 is 16.4 Å². The van der Waals surface area contributed by atoms with E-state index in [1.54, 1.807) is 0 Å². The average Bonchev–Trinajstić information content (AvgIpc) is 2.59. The first kappa shape index (κ1) is 17.3. The van der Waals surface area contributed by atoms with Crippen LogP contribution in [0.1, 0.15) is 31.0 Å². The fourth-order valence-electron chi connectivity index (χ4n) is 2.64. The van der Waals surface area contributed by atoms with Gasteiger partial charge >= 0.3 is 0 Å². The lowest BCUT2D eigenvalue weighted by atomic mass is 9.99. The maximum atomic E-state index is 5.66. The highest BCUT2D eigenvalue weighted by molar-refractivity contribution is 5.74. The summed E-state index contributed by atoms with van der Waals surface area (Å²) in [4.78, 5) is 4.49. The smallest absolute Gasteiger partial charge is 0.0530 e. The molecule has 0 aliphatic heterocycles. The number of anilines is 2. The molecule has 0 amide bonds. The lowest BCUT2D eigenvalue weighted by molar-refractivity contribution is 0.831. The molecule has 0 saturated heterocycles. The second-order valence-corrected chi connectivity index (χ2v) is 5.80. The van der Waals surface area contributed by atoms with E-state index < -0.39 is 0 Å². The van der Waals surface area contributed by atoms with E-state index in [2.05, 4.69) is 53.7 Å². The normalized spacial score (nSPS) is 10.6. The third-order valence-electron chi connectivity index (χ3n) is 4.01. The molecule has 23 heavy (non-hydrogen) atoms. The summed E-state index contributed by atoms with van der Waals surface area (Å²) in [6, 6.07) is 8.80. The van der Waals surface area contributed by atoms with Crippen LogP contribution in [0.25, 0.3) is 11.1 Å². The minimum Gasteiger partial charge on any atom is -0.387 e. The van der Waals surface area contributed by atoms with Gasteiger partial charge in [0, 0.05) is 30.5 Å². The van der Waals surface area contributed by atoms with Gasteiger partial charge in [-0.2, -0.15) is 0 Å². The predicted molar refractivity (Wildman–Crippen MR) is 100 cm³/mol. The Balaban J connectivity index is 2.39. The molecule has 124 valence electrons. The molecule has 0 aliphatic carbocycles. The van der Waals surface area contributed by atoms with Gasteiger partial charge in [-0.15, -0.1) is 0 Å². The molecule has 1 aromatic carbocycles. The second-order valence-electron chi connectivity index (χ2n) is 5.80. The fourth-order valence-corrected chi connectivity index (χ4v) is 2.64. The van der Waals surface area contributed by atoms with Gasteiger partial charge < -0.3 is 16.4 Å². The van der Waals surface area contributed by atoms with Crippen molar-refractivity contribution >= 4 is 11.4 Å². The van der Waals surface area contributed by atoms with E-state index in [1.165, 1.54) is 22.4 Å². The Morgan fingerprint density at radius 2 is 2.04 bits per heavy atom. The van der Waals surface area contributed by atoms with E-state index in [-0.39, 0.29) is 0 Å². The van der Waals surface area contributed by atoms with E-state index in [0.29, 0.717) is 0 Å². The molecule has 0 atom stereocenters. The fraction of sp³-hybridized carbons (Fsp3) is 0.421. The van der Waals surface area contributed by atoms with Crippen molar-refractivity contribution in [2.45, 2.75) is 33.1 Å². The van der Waals surface area contributed by atoms with Crippen LogP contribution in [0.3, 0.4) is 0 Å². The Hall–Kier alpha value is -2.07. The summed E-state index contributed by atoms with van der Waals surface area (Å²) in [6.07, 6.45) is 4.99. The predicted octanol–water partition coefficient (Wildman–Crippen LogP) is 3.81. The van der Waals surface area contributed by atoms with Crippen LogP contribution in [-0.4, -0.2) is 25.1 Å². The van der Waals surface area contributed by atoms with Crippen LogP contribution in [-0.2, 0) is 6.42 Å². The SMILES string of the molecule is CCCNc1cc(-c2cc(NC)cnc2C)ccc1CCCN. The summed E-state index contributed by atoms with van der Waals surface area (Å²) >= 11 is 0. The molecule has 2 rings (SSSR count). The minimum atomic E-state index is 0.724. The van der Waals surface area contributed by atoms with Crippen LogP contribution in [0, 0.1) is 6.92 Å². The van der Waals surface area contributed by atoms with Crippen molar-refractivity contribution in [3.05, 3.63) is 41.7 Å². The number of nitrogens with two attached hydrogens (primary N) is 1. The number of nitrogens with one attached hydrogen (secondary N) is 2. The van der Waals surface area contributed by atoms with E-state index >= 15 is 0 Å². The molecule has 0 radical (unpaired) electrons. The number of hydrogen-bond donors (Lipinski definition) is 3. The van der Waals surface area contributed by atoms with Crippen molar-refractivity contribution in [2.24, 2.45) is 5.73 Å². The first-order valence-corrected chi connectivity index (χ1v) is 8.41. The number of pyridine rings is 1. The zero-order valence-electron chi connectivity index (χ0n) is 14.4. The molecule has 0 bridgehead atoms. The van der Waals surface area contributed by atoms with Crippen LogP contribution >= 0.6 is 0 Å². The molecule has 1 aromatic heterocycles. The molecule has 0 aliphatic rings. The number of nitrogens with zero attached hydrogens (tertiary/aromatic N) is 1. The Labute approximate surface area is 139 Å². The molecule has 4 N–H and O–H groups in total. The molecule has 4 heteroatoms. The summed E-state index contributed by atoms with van der Waals surface area (Å²) in [5.74, 6) is 0. The number of hydrogen-bond acceptors (Lipinski definition) is 4. The summed E-state index contributed by atoms with van der Waals surface area (Å²) in [7, 11) is 1.92. The number of aryl methyl sites for hydroxylation is 2. The molecular weight excluding hydrogens is 284 g/mol. The molecular formula is C19H28N4. The quantitative estimate of drug-likeness (QED) is 0.693. The maximum absolute atomic E-state index is 5.66. The summed E-state index contributed by atoms with van der Waals surface area (Å²) in [5.41, 5.74) is 12.6. The van der Waals surface area contributed by atoms with E-state index in [9.17, 15) is 0 Å². The zero-order chi connectivity index (χ0) is 16.7. The number of aromatic nitrogens is 1. The van der Waals surface area contributed by atoms with Crippen LogP contribution in [0.4, 0.5) is 11.4 Å². The molecule has 0 spiro atoms. The van der Waals surface area contributed by atoms with Gasteiger partial charge in [-0.05, 0) is 56.0 Å². The van der Waals surface area contributed by atoms with E-state index in [4.69, 9.17) is 5.73 Å². The van der Waals surface area contributed by atoms with Gasteiger partial charge in [0.15, 0.2) is 0 Å². The second kappa shape index (κ2) is 8.53. The standard InChI is InChI=1S/C19H28N4/c1-4-10-22-19-11-16(8-7-15(19)6-5-9-20)18-12-17(21-3)13-23-14(18)2/h7-8,11-13,21-22H,4-6,9-10,20H2,1-3H3. The topological polar surface area (TPSA) is 63.0 Å². The highest BCUT2D eigenvalue weighted by Gasteiger charge is 2.09. The van der Waals surface area contributed by atoms with Gasteiger partial charge in [0.05, 0.1) is 11.9 Å². The lowest BCUT2D eigenvalue weighted by Gasteiger charge is -2.15. The Kier molecular flexibility index (Phi) is 6.41. The third kappa shape index (κ3) is 4.45. The first-order valence-electron chi connectivity index (χ1n) is 8.41. The number of benzene rings is 1. The van der Waals surface area contributed by atoms with Crippen molar-refractivity contribution in [2.75, 3.05) is 30.8 Å².